The molecular formula is C21H17N3O2. The third-order valence-corrected chi connectivity index (χ3v) is 5.12. The average molecular weight is 343 g/mol. The maximum Gasteiger partial charge on any atom is 0.272 e. The molecule has 0 aliphatic heterocycles. The number of pyridine rings is 1. The van der Waals surface area contributed by atoms with E-state index in [4.69, 9.17) is 0 Å². The number of benzene rings is 2. The van der Waals surface area contributed by atoms with E-state index in [9.17, 15) is 9.59 Å². The van der Waals surface area contributed by atoms with Gasteiger partial charge in [0.05, 0.1) is 5.52 Å². The molecule has 5 rings (SSSR count). The van der Waals surface area contributed by atoms with Crippen LogP contribution in [0.25, 0.3) is 21.8 Å². The Morgan fingerprint density at radius 3 is 2.65 bits per heavy atom. The summed E-state index contributed by atoms with van der Waals surface area (Å²) in [5.41, 5.74) is 4.92. The molecule has 0 saturated carbocycles. The Bertz CT molecular complexity index is 1200. The third kappa shape index (κ3) is 2.32. The Kier molecular flexibility index (Phi) is 3.22. The Morgan fingerprint density at radius 1 is 0.923 bits per heavy atom. The van der Waals surface area contributed by atoms with Gasteiger partial charge in [0, 0.05) is 27.5 Å². The molecule has 2 heterocycles. The van der Waals surface area contributed by atoms with Gasteiger partial charge < -0.3 is 15.3 Å². The number of carbonyl (C=O) groups is 1. The minimum absolute atomic E-state index is 0.0101. The number of aryl methyl sites for hydroxylation is 1. The number of carbonyl (C=O) groups excluding carboxylic acids is 1. The molecule has 26 heavy (non-hydrogen) atoms. The summed E-state index contributed by atoms with van der Waals surface area (Å²) in [4.78, 5) is 30.9. The topological polar surface area (TPSA) is 77.8 Å². The molecule has 4 aromatic rings. The van der Waals surface area contributed by atoms with Gasteiger partial charge >= 0.3 is 0 Å². The largest absolute Gasteiger partial charge is 0.351 e. The maximum atomic E-state index is 12.6. The average Bonchev–Trinajstić information content (AvgIpc) is 3.29. The van der Waals surface area contributed by atoms with Crippen molar-refractivity contribution in [2.75, 3.05) is 5.32 Å². The lowest BCUT2D eigenvalue weighted by atomic mass is 10.1. The summed E-state index contributed by atoms with van der Waals surface area (Å²) in [6.45, 7) is 0. The van der Waals surface area contributed by atoms with Gasteiger partial charge in [0.15, 0.2) is 0 Å². The molecule has 1 aliphatic rings. The summed E-state index contributed by atoms with van der Waals surface area (Å²) in [7, 11) is 0. The lowest BCUT2D eigenvalue weighted by molar-refractivity contribution is 0.102. The van der Waals surface area contributed by atoms with Crippen molar-refractivity contribution in [1.82, 2.24) is 9.97 Å². The number of amides is 1. The van der Waals surface area contributed by atoms with Crippen LogP contribution < -0.4 is 10.9 Å². The first-order valence-corrected chi connectivity index (χ1v) is 8.76. The number of hydrogen-bond donors (Lipinski definition) is 3. The third-order valence-electron chi connectivity index (χ3n) is 5.12. The molecule has 0 saturated heterocycles. The van der Waals surface area contributed by atoms with Gasteiger partial charge in [0.2, 0.25) is 0 Å². The van der Waals surface area contributed by atoms with E-state index in [2.05, 4.69) is 15.3 Å². The summed E-state index contributed by atoms with van der Waals surface area (Å²) in [6, 6.07) is 15.3. The molecule has 128 valence electrons. The van der Waals surface area contributed by atoms with Crippen LogP contribution in [0.2, 0.25) is 0 Å². The fourth-order valence-corrected chi connectivity index (χ4v) is 3.87. The van der Waals surface area contributed by atoms with E-state index < -0.39 is 0 Å². The second kappa shape index (κ2) is 5.59. The number of aromatic amines is 2. The number of para-hydroxylation sites is 1. The number of nitrogens with one attached hydrogen (secondary N) is 3. The maximum absolute atomic E-state index is 12.6. The quantitative estimate of drug-likeness (QED) is 0.518. The SMILES string of the molecule is O=C(Nc1ccc2c3c(c(=O)[nH]c2c1)CCC3)c1cc2ccccc2[nH]1. The Labute approximate surface area is 149 Å². The van der Waals surface area contributed by atoms with Gasteiger partial charge in [-0.25, -0.2) is 0 Å². The number of hydrogen-bond acceptors (Lipinski definition) is 2. The summed E-state index contributed by atoms with van der Waals surface area (Å²) >= 11 is 0. The molecule has 0 radical (unpaired) electrons. The van der Waals surface area contributed by atoms with Gasteiger partial charge in [0.25, 0.3) is 11.5 Å². The molecule has 0 bridgehead atoms. The molecule has 0 unspecified atom stereocenters. The molecule has 3 N–H and O–H groups in total. The van der Waals surface area contributed by atoms with Gasteiger partial charge in [-0.05, 0) is 49.1 Å². The van der Waals surface area contributed by atoms with E-state index >= 15 is 0 Å². The van der Waals surface area contributed by atoms with Crippen LogP contribution in [0.4, 0.5) is 5.69 Å². The molecule has 0 atom stereocenters. The predicted molar refractivity (Wildman–Crippen MR) is 103 cm³/mol. The molecule has 1 aliphatic carbocycles. The van der Waals surface area contributed by atoms with Crippen molar-refractivity contribution in [3.05, 3.63) is 75.7 Å². The smallest absolute Gasteiger partial charge is 0.272 e. The van der Waals surface area contributed by atoms with Crippen molar-refractivity contribution in [2.24, 2.45) is 0 Å². The van der Waals surface area contributed by atoms with E-state index in [-0.39, 0.29) is 11.5 Å². The van der Waals surface area contributed by atoms with Gasteiger partial charge in [-0.3, -0.25) is 9.59 Å². The Hall–Kier alpha value is -3.34. The Morgan fingerprint density at radius 2 is 1.77 bits per heavy atom. The molecule has 2 aromatic heterocycles. The standard InChI is InChI=1S/C21H17N3O2/c25-20-16-6-3-5-14(16)15-9-8-13(11-18(15)24-20)22-21(26)19-10-12-4-1-2-7-17(12)23-19/h1-2,4,7-11,23H,3,5-6H2,(H,22,26)(H,24,25). The number of rotatable bonds is 2. The van der Waals surface area contributed by atoms with Crippen molar-refractivity contribution in [1.29, 1.82) is 0 Å². The second-order valence-electron chi connectivity index (χ2n) is 6.75. The molecule has 0 spiro atoms. The van der Waals surface area contributed by atoms with Crippen LogP contribution in [0, 0.1) is 0 Å². The highest BCUT2D eigenvalue weighted by Gasteiger charge is 2.18. The fraction of sp³-hybridized carbons (Fsp3) is 0.143. The van der Waals surface area contributed by atoms with Gasteiger partial charge in [-0.1, -0.05) is 24.3 Å². The zero-order valence-electron chi connectivity index (χ0n) is 14.1. The van der Waals surface area contributed by atoms with Crippen LogP contribution in [-0.4, -0.2) is 15.9 Å². The van der Waals surface area contributed by atoms with E-state index in [0.29, 0.717) is 11.4 Å². The zero-order valence-corrected chi connectivity index (χ0v) is 14.1. The van der Waals surface area contributed by atoms with Gasteiger partial charge in [-0.2, -0.15) is 0 Å². The van der Waals surface area contributed by atoms with Crippen LogP contribution in [0.3, 0.4) is 0 Å². The molecule has 0 fully saturated rings. The lowest BCUT2D eigenvalue weighted by Crippen LogP contribution is -2.14. The lowest BCUT2D eigenvalue weighted by Gasteiger charge is -2.08. The molecule has 1 amide bonds. The van der Waals surface area contributed by atoms with Gasteiger partial charge in [0.1, 0.15) is 5.69 Å². The molecular weight excluding hydrogens is 326 g/mol. The van der Waals surface area contributed by atoms with Crippen LogP contribution in [0.5, 0.6) is 0 Å². The normalized spacial score (nSPS) is 13.2. The minimum Gasteiger partial charge on any atom is -0.351 e. The van der Waals surface area contributed by atoms with Crippen molar-refractivity contribution in [3.63, 3.8) is 0 Å². The summed E-state index contributed by atoms with van der Waals surface area (Å²) in [5, 5.41) is 4.97. The minimum atomic E-state index is -0.205. The van der Waals surface area contributed by atoms with Crippen molar-refractivity contribution >= 4 is 33.4 Å². The van der Waals surface area contributed by atoms with Crippen molar-refractivity contribution < 1.29 is 4.79 Å². The van der Waals surface area contributed by atoms with Gasteiger partial charge in [-0.15, -0.1) is 0 Å². The Balaban J connectivity index is 1.50. The number of aromatic nitrogens is 2. The highest BCUT2D eigenvalue weighted by atomic mass is 16.2. The molecule has 2 aromatic carbocycles. The predicted octanol–water partition coefficient (Wildman–Crippen LogP) is 3.75. The highest BCUT2D eigenvalue weighted by molar-refractivity contribution is 6.06. The number of fused-ring (bicyclic) bond motifs is 4. The van der Waals surface area contributed by atoms with Crippen LogP contribution >= 0.6 is 0 Å². The number of anilines is 1. The van der Waals surface area contributed by atoms with Crippen molar-refractivity contribution in [2.45, 2.75) is 19.3 Å². The second-order valence-corrected chi connectivity index (χ2v) is 6.75. The highest BCUT2D eigenvalue weighted by Crippen LogP contribution is 2.28. The number of H-pyrrole nitrogens is 2. The first-order valence-electron chi connectivity index (χ1n) is 8.76. The molecule has 5 heteroatoms. The first kappa shape index (κ1) is 15.0. The zero-order chi connectivity index (χ0) is 17.7. The summed E-state index contributed by atoms with van der Waals surface area (Å²) in [5.74, 6) is -0.205. The van der Waals surface area contributed by atoms with Crippen molar-refractivity contribution in [3.8, 4) is 0 Å². The van der Waals surface area contributed by atoms with Crippen LogP contribution in [0.1, 0.15) is 28.0 Å². The summed E-state index contributed by atoms with van der Waals surface area (Å²) in [6.07, 6.45) is 2.81. The van der Waals surface area contributed by atoms with E-state index in [1.165, 1.54) is 0 Å². The van der Waals surface area contributed by atoms with E-state index in [1.807, 2.05) is 48.5 Å². The monoisotopic (exact) mass is 343 g/mol. The van der Waals surface area contributed by atoms with Crippen LogP contribution in [-0.2, 0) is 12.8 Å². The fourth-order valence-electron chi connectivity index (χ4n) is 3.87. The molecule has 5 nitrogen and oxygen atoms in total. The van der Waals surface area contributed by atoms with E-state index in [0.717, 1.165) is 52.2 Å². The van der Waals surface area contributed by atoms with E-state index in [1.54, 1.807) is 0 Å². The van der Waals surface area contributed by atoms with Crippen LogP contribution in [0.15, 0.2) is 53.3 Å². The summed E-state index contributed by atoms with van der Waals surface area (Å²) < 4.78 is 0. The first-order chi connectivity index (χ1) is 12.7.